The lowest BCUT2D eigenvalue weighted by Crippen LogP contribution is -2.56. The van der Waals surface area contributed by atoms with Gasteiger partial charge in [-0.3, -0.25) is 9.69 Å². The summed E-state index contributed by atoms with van der Waals surface area (Å²) in [5.74, 6) is 0.501. The van der Waals surface area contributed by atoms with Crippen LogP contribution < -0.4 is 0 Å². The molecular formula is C17H21NO. The molecule has 0 N–H and O–H groups in total. The monoisotopic (exact) mass is 255 g/mol. The highest BCUT2D eigenvalue weighted by atomic mass is 16.1. The van der Waals surface area contributed by atoms with Crippen LogP contribution in [0.4, 0.5) is 0 Å². The van der Waals surface area contributed by atoms with Crippen molar-refractivity contribution in [3.8, 4) is 0 Å². The molecule has 1 aromatic rings. The largest absolute Gasteiger partial charge is 0.300 e. The van der Waals surface area contributed by atoms with Gasteiger partial charge < -0.3 is 0 Å². The molecule has 2 atom stereocenters. The molecule has 1 aliphatic carbocycles. The normalized spacial score (nSPS) is 31.5. The van der Waals surface area contributed by atoms with Gasteiger partial charge >= 0.3 is 0 Å². The van der Waals surface area contributed by atoms with E-state index in [-0.39, 0.29) is 0 Å². The van der Waals surface area contributed by atoms with Crippen molar-refractivity contribution < 1.29 is 4.79 Å². The summed E-state index contributed by atoms with van der Waals surface area (Å²) in [7, 11) is 0. The third-order valence-electron chi connectivity index (χ3n) is 5.30. The quantitative estimate of drug-likeness (QED) is 0.769. The van der Waals surface area contributed by atoms with Gasteiger partial charge in [0.25, 0.3) is 0 Å². The van der Waals surface area contributed by atoms with E-state index in [0.29, 0.717) is 23.9 Å². The zero-order valence-corrected chi connectivity index (χ0v) is 11.3. The molecule has 2 bridgehead atoms. The molecule has 2 aliphatic heterocycles. The Labute approximate surface area is 114 Å². The molecule has 0 amide bonds. The zero-order valence-electron chi connectivity index (χ0n) is 11.3. The number of piperidine rings is 2. The Morgan fingerprint density at radius 2 is 1.42 bits per heavy atom. The number of carbonyl (C=O) groups excluding carboxylic acids is 1. The summed E-state index contributed by atoms with van der Waals surface area (Å²) in [5.41, 5.74) is 3.06. The zero-order chi connectivity index (χ0) is 12.8. The second-order valence-corrected chi connectivity index (χ2v) is 6.46. The van der Waals surface area contributed by atoms with Gasteiger partial charge in [-0.2, -0.15) is 0 Å². The summed E-state index contributed by atoms with van der Waals surface area (Å²) in [4.78, 5) is 14.6. The van der Waals surface area contributed by atoms with Crippen LogP contribution in [0.25, 0.3) is 0 Å². The van der Waals surface area contributed by atoms with Crippen LogP contribution in [0.1, 0.15) is 43.2 Å². The van der Waals surface area contributed by atoms with Gasteiger partial charge in [0.05, 0.1) is 0 Å². The van der Waals surface area contributed by atoms with Crippen LogP contribution in [0.15, 0.2) is 24.3 Å². The van der Waals surface area contributed by atoms with Gasteiger partial charge in [-0.25, -0.2) is 0 Å². The number of Topliss-reactive ketones (excluding diaryl/α,β-unsaturated/α-hetero) is 1. The summed E-state index contributed by atoms with van der Waals surface area (Å²) in [6.07, 6.45) is 7.78. The Kier molecular flexibility index (Phi) is 2.73. The third kappa shape index (κ3) is 1.93. The van der Waals surface area contributed by atoms with Crippen LogP contribution in [0.2, 0.25) is 0 Å². The van der Waals surface area contributed by atoms with Crippen molar-refractivity contribution in [2.24, 2.45) is 0 Å². The van der Waals surface area contributed by atoms with Crippen molar-refractivity contribution in [2.45, 2.75) is 63.1 Å². The summed E-state index contributed by atoms with van der Waals surface area (Å²) in [6, 6.07) is 10.6. The maximum atomic E-state index is 11.8. The Morgan fingerprint density at radius 3 is 2.00 bits per heavy atom. The Hall–Kier alpha value is -1.15. The van der Waals surface area contributed by atoms with E-state index in [1.807, 2.05) is 0 Å². The molecule has 19 heavy (non-hydrogen) atoms. The predicted molar refractivity (Wildman–Crippen MR) is 75.1 cm³/mol. The number of carbonyl (C=O) groups is 1. The van der Waals surface area contributed by atoms with E-state index in [0.717, 1.165) is 12.8 Å². The predicted octanol–water partition coefficient (Wildman–Crippen LogP) is 2.74. The number of benzene rings is 1. The molecule has 0 spiro atoms. The highest BCUT2D eigenvalue weighted by molar-refractivity contribution is 5.80. The first-order valence-electron chi connectivity index (χ1n) is 7.67. The second-order valence-electron chi connectivity index (χ2n) is 6.46. The number of rotatable bonds is 1. The summed E-state index contributed by atoms with van der Waals surface area (Å²) in [6.45, 7) is 0. The molecule has 2 unspecified atom stereocenters. The van der Waals surface area contributed by atoms with Crippen molar-refractivity contribution in [3.05, 3.63) is 35.4 Å². The van der Waals surface area contributed by atoms with Crippen LogP contribution >= 0.6 is 0 Å². The molecule has 0 saturated carbocycles. The smallest absolute Gasteiger partial charge is 0.136 e. The molecule has 0 aromatic heterocycles. The first kappa shape index (κ1) is 11.7. The molecule has 1 aromatic carbocycles. The number of hydrogen-bond donors (Lipinski definition) is 0. The standard InChI is InChI=1S/C17H21NO/c19-17-10-14-6-3-7-15(11-17)18(14)16-8-12-4-1-2-5-13(12)9-16/h1-2,4-5,14-16H,3,6-11H2. The molecule has 2 heterocycles. The van der Waals surface area contributed by atoms with E-state index in [4.69, 9.17) is 0 Å². The highest BCUT2D eigenvalue weighted by Crippen LogP contribution is 2.37. The summed E-state index contributed by atoms with van der Waals surface area (Å²) >= 11 is 0. The Morgan fingerprint density at radius 1 is 0.842 bits per heavy atom. The summed E-state index contributed by atoms with van der Waals surface area (Å²) < 4.78 is 0. The molecule has 2 fully saturated rings. The van der Waals surface area contributed by atoms with Crippen LogP contribution in [-0.4, -0.2) is 28.8 Å². The van der Waals surface area contributed by atoms with Gasteiger partial charge in [0.2, 0.25) is 0 Å². The minimum absolute atomic E-state index is 0.501. The van der Waals surface area contributed by atoms with Crippen LogP contribution in [0.5, 0.6) is 0 Å². The lowest BCUT2D eigenvalue weighted by Gasteiger charge is -2.48. The van der Waals surface area contributed by atoms with E-state index >= 15 is 0 Å². The average Bonchev–Trinajstić information content (AvgIpc) is 2.80. The van der Waals surface area contributed by atoms with E-state index in [1.165, 1.54) is 43.2 Å². The average molecular weight is 255 g/mol. The number of nitrogens with zero attached hydrogens (tertiary/aromatic N) is 1. The Balaban J connectivity index is 1.59. The number of ketones is 1. The SMILES string of the molecule is O=C1CC2CCCC(C1)N2C1Cc2ccccc2C1. The first-order valence-corrected chi connectivity index (χ1v) is 7.67. The second kappa shape index (κ2) is 4.45. The Bertz CT molecular complexity index is 469. The van der Waals surface area contributed by atoms with Crippen molar-refractivity contribution in [1.29, 1.82) is 0 Å². The van der Waals surface area contributed by atoms with Gasteiger partial charge in [0.15, 0.2) is 0 Å². The van der Waals surface area contributed by atoms with Crippen molar-refractivity contribution in [2.75, 3.05) is 0 Å². The lowest BCUT2D eigenvalue weighted by molar-refractivity contribution is -0.128. The van der Waals surface area contributed by atoms with Crippen molar-refractivity contribution >= 4 is 5.78 Å². The van der Waals surface area contributed by atoms with E-state index in [9.17, 15) is 4.79 Å². The molecule has 0 radical (unpaired) electrons. The third-order valence-corrected chi connectivity index (χ3v) is 5.30. The van der Waals surface area contributed by atoms with Gasteiger partial charge in [0, 0.05) is 31.0 Å². The van der Waals surface area contributed by atoms with Crippen LogP contribution in [0.3, 0.4) is 0 Å². The van der Waals surface area contributed by atoms with Crippen LogP contribution in [0, 0.1) is 0 Å². The molecule has 4 rings (SSSR count). The first-order chi connectivity index (χ1) is 9.31. The van der Waals surface area contributed by atoms with E-state index in [1.54, 1.807) is 0 Å². The van der Waals surface area contributed by atoms with E-state index in [2.05, 4.69) is 29.2 Å². The minimum Gasteiger partial charge on any atom is -0.300 e. The van der Waals surface area contributed by atoms with Gasteiger partial charge in [-0.15, -0.1) is 0 Å². The number of hydrogen-bond acceptors (Lipinski definition) is 2. The highest BCUT2D eigenvalue weighted by Gasteiger charge is 2.42. The number of fused-ring (bicyclic) bond motifs is 3. The van der Waals surface area contributed by atoms with Gasteiger partial charge in [-0.05, 0) is 36.8 Å². The summed E-state index contributed by atoms with van der Waals surface area (Å²) in [5, 5.41) is 0. The van der Waals surface area contributed by atoms with Gasteiger partial charge in [0.1, 0.15) is 5.78 Å². The fourth-order valence-electron chi connectivity index (χ4n) is 4.55. The molecule has 3 aliphatic rings. The molecule has 2 heteroatoms. The van der Waals surface area contributed by atoms with Crippen molar-refractivity contribution in [1.82, 2.24) is 4.90 Å². The van der Waals surface area contributed by atoms with Gasteiger partial charge in [-0.1, -0.05) is 30.7 Å². The molecule has 2 saturated heterocycles. The molecule has 2 nitrogen and oxygen atoms in total. The minimum atomic E-state index is 0.501. The topological polar surface area (TPSA) is 20.3 Å². The fraction of sp³-hybridized carbons (Fsp3) is 0.588. The fourth-order valence-corrected chi connectivity index (χ4v) is 4.55. The molecular weight excluding hydrogens is 234 g/mol. The van der Waals surface area contributed by atoms with E-state index < -0.39 is 0 Å². The lowest BCUT2D eigenvalue weighted by atomic mass is 9.82. The maximum absolute atomic E-state index is 11.8. The van der Waals surface area contributed by atoms with Crippen LogP contribution in [-0.2, 0) is 17.6 Å². The molecule has 100 valence electrons. The maximum Gasteiger partial charge on any atom is 0.136 e. The van der Waals surface area contributed by atoms with Crippen molar-refractivity contribution in [3.63, 3.8) is 0 Å².